The van der Waals surface area contributed by atoms with Crippen LogP contribution in [0.1, 0.15) is 23.2 Å². The lowest BCUT2D eigenvalue weighted by molar-refractivity contribution is -0.124. The molecule has 1 saturated heterocycles. The van der Waals surface area contributed by atoms with Gasteiger partial charge in [0.2, 0.25) is 5.91 Å². The number of rotatable bonds is 2. The molecule has 0 radical (unpaired) electrons. The van der Waals surface area contributed by atoms with Crippen molar-refractivity contribution >= 4 is 11.8 Å². The Hall–Kier alpha value is -2.11. The summed E-state index contributed by atoms with van der Waals surface area (Å²) in [5, 5.41) is 5.22. The van der Waals surface area contributed by atoms with E-state index in [1.54, 1.807) is 0 Å². The fourth-order valence-corrected chi connectivity index (χ4v) is 1.74. The first-order chi connectivity index (χ1) is 8.18. The molecule has 0 aliphatic carbocycles. The minimum Gasteiger partial charge on any atom is -0.367 e. The maximum Gasteiger partial charge on any atom is 0.257 e. The van der Waals surface area contributed by atoms with Crippen LogP contribution < -0.4 is 16.1 Å². The van der Waals surface area contributed by atoms with Crippen molar-refractivity contribution in [1.82, 2.24) is 15.6 Å². The van der Waals surface area contributed by atoms with E-state index in [9.17, 15) is 14.4 Å². The van der Waals surface area contributed by atoms with E-state index in [2.05, 4.69) is 15.6 Å². The molecule has 6 nitrogen and oxygen atoms in total. The second kappa shape index (κ2) is 4.82. The molecule has 1 unspecified atom stereocenters. The first-order valence-electron chi connectivity index (χ1n) is 5.44. The first-order valence-corrected chi connectivity index (χ1v) is 5.44. The van der Waals surface area contributed by atoms with E-state index in [4.69, 9.17) is 0 Å². The van der Waals surface area contributed by atoms with Crippen LogP contribution in [0.4, 0.5) is 0 Å². The maximum absolute atomic E-state index is 11.8. The van der Waals surface area contributed by atoms with E-state index in [0.29, 0.717) is 13.0 Å². The average Bonchev–Trinajstić information content (AvgIpc) is 2.32. The number of pyridine rings is 1. The Kier molecular flexibility index (Phi) is 3.22. The molecule has 2 heterocycles. The lowest BCUT2D eigenvalue weighted by Gasteiger charge is -2.22. The molecule has 1 aromatic rings. The van der Waals surface area contributed by atoms with Crippen molar-refractivity contribution in [2.45, 2.75) is 18.9 Å². The van der Waals surface area contributed by atoms with E-state index < -0.39 is 11.9 Å². The van der Waals surface area contributed by atoms with Crippen molar-refractivity contribution in [3.63, 3.8) is 0 Å². The Balaban J connectivity index is 2.09. The van der Waals surface area contributed by atoms with Gasteiger partial charge in [0.05, 0.1) is 0 Å². The largest absolute Gasteiger partial charge is 0.367 e. The predicted octanol–water partition coefficient (Wildman–Crippen LogP) is -0.617. The van der Waals surface area contributed by atoms with Crippen LogP contribution in [0.5, 0.6) is 0 Å². The van der Waals surface area contributed by atoms with Crippen LogP contribution in [0, 0.1) is 0 Å². The zero-order valence-corrected chi connectivity index (χ0v) is 9.16. The van der Waals surface area contributed by atoms with E-state index in [0.717, 1.165) is 6.42 Å². The highest BCUT2D eigenvalue weighted by Gasteiger charge is 2.24. The van der Waals surface area contributed by atoms with Crippen LogP contribution in [0.2, 0.25) is 0 Å². The van der Waals surface area contributed by atoms with Gasteiger partial charge in [-0.2, -0.15) is 0 Å². The number of amides is 2. The Morgan fingerprint density at radius 3 is 2.94 bits per heavy atom. The summed E-state index contributed by atoms with van der Waals surface area (Å²) in [5.41, 5.74) is -0.344. The van der Waals surface area contributed by atoms with E-state index >= 15 is 0 Å². The molecule has 2 rings (SSSR count). The summed E-state index contributed by atoms with van der Waals surface area (Å²) >= 11 is 0. The zero-order valence-electron chi connectivity index (χ0n) is 9.16. The van der Waals surface area contributed by atoms with Crippen molar-refractivity contribution in [3.8, 4) is 0 Å². The van der Waals surface area contributed by atoms with Gasteiger partial charge in [-0.1, -0.05) is 0 Å². The highest BCUT2D eigenvalue weighted by Crippen LogP contribution is 2.03. The summed E-state index contributed by atoms with van der Waals surface area (Å²) in [6, 6.07) is 0.728. The quantitative estimate of drug-likeness (QED) is 0.638. The lowest BCUT2D eigenvalue weighted by Crippen LogP contribution is -2.50. The molecule has 6 heteroatoms. The number of carbonyl (C=O) groups is 2. The zero-order chi connectivity index (χ0) is 12.3. The number of piperidine rings is 1. The molecular formula is C11H13N3O3. The number of H-pyrrole nitrogens is 1. The second-order valence-electron chi connectivity index (χ2n) is 3.88. The molecule has 0 aromatic carbocycles. The summed E-state index contributed by atoms with van der Waals surface area (Å²) in [5.74, 6) is -0.717. The third-order valence-electron chi connectivity index (χ3n) is 2.66. The SMILES string of the molecule is O=C(NC1CCCNC1=O)c1c[nH]ccc1=O. The number of aromatic amines is 1. The van der Waals surface area contributed by atoms with Crippen LogP contribution in [-0.2, 0) is 4.79 Å². The molecular weight excluding hydrogens is 222 g/mol. The van der Waals surface area contributed by atoms with E-state index in [-0.39, 0.29) is 16.9 Å². The summed E-state index contributed by atoms with van der Waals surface area (Å²) in [4.78, 5) is 37.3. The van der Waals surface area contributed by atoms with Crippen LogP contribution in [0.25, 0.3) is 0 Å². The Labute approximate surface area is 97.4 Å². The standard InChI is InChI=1S/C11H13N3O3/c15-9-3-5-12-6-7(9)10(16)14-8-2-1-4-13-11(8)17/h3,5-6,8H,1-2,4H2,(H,12,15)(H,13,17)(H,14,16). The van der Waals surface area contributed by atoms with Crippen molar-refractivity contribution in [2.75, 3.05) is 6.54 Å². The topological polar surface area (TPSA) is 91.1 Å². The molecule has 1 aliphatic heterocycles. The first kappa shape index (κ1) is 11.4. The highest BCUT2D eigenvalue weighted by molar-refractivity contribution is 5.97. The smallest absolute Gasteiger partial charge is 0.257 e. The molecule has 0 bridgehead atoms. The summed E-state index contributed by atoms with van der Waals surface area (Å²) < 4.78 is 0. The number of aromatic nitrogens is 1. The van der Waals surface area contributed by atoms with Gasteiger partial charge in [0.1, 0.15) is 11.6 Å². The van der Waals surface area contributed by atoms with Crippen LogP contribution >= 0.6 is 0 Å². The number of hydrogen-bond acceptors (Lipinski definition) is 3. The van der Waals surface area contributed by atoms with Crippen LogP contribution in [0.15, 0.2) is 23.3 Å². The summed E-state index contributed by atoms with van der Waals surface area (Å²) in [6.07, 6.45) is 4.20. The second-order valence-corrected chi connectivity index (χ2v) is 3.88. The molecule has 1 aliphatic rings. The molecule has 1 fully saturated rings. The maximum atomic E-state index is 11.8. The molecule has 90 valence electrons. The molecule has 1 atom stereocenters. The van der Waals surface area contributed by atoms with Crippen molar-refractivity contribution in [3.05, 3.63) is 34.2 Å². The fraction of sp³-hybridized carbons (Fsp3) is 0.364. The highest BCUT2D eigenvalue weighted by atomic mass is 16.2. The van der Waals surface area contributed by atoms with Gasteiger partial charge in [-0.25, -0.2) is 0 Å². The van der Waals surface area contributed by atoms with E-state index in [1.807, 2.05) is 0 Å². The van der Waals surface area contributed by atoms with Crippen molar-refractivity contribution in [1.29, 1.82) is 0 Å². The van der Waals surface area contributed by atoms with Crippen LogP contribution in [-0.4, -0.2) is 29.4 Å². The average molecular weight is 235 g/mol. The van der Waals surface area contributed by atoms with Gasteiger partial charge >= 0.3 is 0 Å². The van der Waals surface area contributed by atoms with Gasteiger partial charge in [0.25, 0.3) is 5.91 Å². The van der Waals surface area contributed by atoms with Crippen molar-refractivity contribution < 1.29 is 9.59 Å². The summed E-state index contributed by atoms with van der Waals surface area (Å²) in [7, 11) is 0. The number of carbonyl (C=O) groups excluding carboxylic acids is 2. The molecule has 17 heavy (non-hydrogen) atoms. The van der Waals surface area contributed by atoms with E-state index in [1.165, 1.54) is 18.5 Å². The Bertz CT molecular complexity index is 495. The van der Waals surface area contributed by atoms with Gasteiger partial charge in [-0.05, 0) is 12.8 Å². The van der Waals surface area contributed by atoms with Gasteiger partial charge in [0.15, 0.2) is 5.43 Å². The lowest BCUT2D eigenvalue weighted by atomic mass is 10.1. The number of hydrogen-bond donors (Lipinski definition) is 3. The fourth-order valence-electron chi connectivity index (χ4n) is 1.74. The molecule has 0 saturated carbocycles. The Morgan fingerprint density at radius 1 is 1.41 bits per heavy atom. The number of nitrogens with one attached hydrogen (secondary N) is 3. The van der Waals surface area contributed by atoms with Gasteiger partial charge in [-0.15, -0.1) is 0 Å². The Morgan fingerprint density at radius 2 is 2.24 bits per heavy atom. The molecule has 2 amide bonds. The van der Waals surface area contributed by atoms with Crippen molar-refractivity contribution in [2.24, 2.45) is 0 Å². The molecule has 1 aromatic heterocycles. The summed E-state index contributed by atoms with van der Waals surface area (Å²) in [6.45, 7) is 0.636. The third kappa shape index (κ3) is 2.52. The molecule has 3 N–H and O–H groups in total. The molecule has 0 spiro atoms. The normalized spacial score (nSPS) is 19.5. The van der Waals surface area contributed by atoms with Crippen LogP contribution in [0.3, 0.4) is 0 Å². The van der Waals surface area contributed by atoms with Gasteiger partial charge in [-0.3, -0.25) is 14.4 Å². The van der Waals surface area contributed by atoms with Gasteiger partial charge in [0, 0.05) is 25.0 Å². The minimum absolute atomic E-state index is 0.0193. The minimum atomic E-state index is -0.546. The van der Waals surface area contributed by atoms with Gasteiger partial charge < -0.3 is 15.6 Å². The predicted molar refractivity (Wildman–Crippen MR) is 60.6 cm³/mol. The monoisotopic (exact) mass is 235 g/mol. The third-order valence-corrected chi connectivity index (χ3v) is 2.66.